The van der Waals surface area contributed by atoms with Crippen LogP contribution in [0.2, 0.25) is 0 Å². The number of carbonyl (C=O) groups is 1. The summed E-state index contributed by atoms with van der Waals surface area (Å²) in [5.74, 6) is -0.0117. The third-order valence-corrected chi connectivity index (χ3v) is 2.58. The van der Waals surface area contributed by atoms with Gasteiger partial charge in [-0.3, -0.25) is 9.69 Å². The van der Waals surface area contributed by atoms with Crippen molar-refractivity contribution in [3.8, 4) is 0 Å². The predicted molar refractivity (Wildman–Crippen MR) is 55.0 cm³/mol. The number of hydrogen-bond acceptors (Lipinski definition) is 2. The van der Waals surface area contributed by atoms with E-state index in [1.54, 1.807) is 7.05 Å². The molecule has 1 amide bonds. The van der Waals surface area contributed by atoms with Crippen LogP contribution in [0.15, 0.2) is 18.2 Å². The van der Waals surface area contributed by atoms with E-state index in [-0.39, 0.29) is 5.91 Å². The fraction of sp³-hybridized carbons (Fsp3) is 0.364. The minimum Gasteiger partial charge on any atom is -0.355 e. The zero-order chi connectivity index (χ0) is 10.1. The highest BCUT2D eigenvalue weighted by Crippen LogP contribution is 2.22. The second-order valence-electron chi connectivity index (χ2n) is 3.73. The highest BCUT2D eigenvalue weighted by molar-refractivity contribution is 5.94. The summed E-state index contributed by atoms with van der Waals surface area (Å²) in [5.41, 5.74) is 3.36. The van der Waals surface area contributed by atoms with Gasteiger partial charge in [0.05, 0.1) is 0 Å². The van der Waals surface area contributed by atoms with Crippen LogP contribution in [0.3, 0.4) is 0 Å². The molecule has 0 aromatic heterocycles. The van der Waals surface area contributed by atoms with Crippen LogP contribution in [0.1, 0.15) is 21.5 Å². The molecule has 3 heteroatoms. The van der Waals surface area contributed by atoms with E-state index in [4.69, 9.17) is 0 Å². The number of carbonyl (C=O) groups excluding carboxylic acids is 1. The molecule has 1 aliphatic rings. The van der Waals surface area contributed by atoms with Gasteiger partial charge in [-0.25, -0.2) is 0 Å². The lowest BCUT2D eigenvalue weighted by Gasteiger charge is -2.03. The maximum Gasteiger partial charge on any atom is 0.251 e. The standard InChI is InChI=1S/C11H14N2O/c1-12-11(14)8-3-4-9-6-13(2)7-10(9)5-8/h3-5H,6-7H2,1-2H3,(H,12,14). The summed E-state index contributed by atoms with van der Waals surface area (Å²) >= 11 is 0. The topological polar surface area (TPSA) is 32.3 Å². The second-order valence-corrected chi connectivity index (χ2v) is 3.73. The Morgan fingerprint density at radius 3 is 2.79 bits per heavy atom. The fourth-order valence-electron chi connectivity index (χ4n) is 1.85. The number of amides is 1. The molecule has 0 fully saturated rings. The normalized spacial score (nSPS) is 15.3. The molecule has 3 nitrogen and oxygen atoms in total. The quantitative estimate of drug-likeness (QED) is 0.716. The SMILES string of the molecule is CNC(=O)c1ccc2c(c1)CN(C)C2. The summed E-state index contributed by atoms with van der Waals surface area (Å²) in [6.07, 6.45) is 0. The highest BCUT2D eigenvalue weighted by atomic mass is 16.1. The first-order chi connectivity index (χ1) is 6.70. The first-order valence-electron chi connectivity index (χ1n) is 4.73. The summed E-state index contributed by atoms with van der Waals surface area (Å²) in [5, 5.41) is 2.63. The Bertz CT molecular complexity index is 374. The summed E-state index contributed by atoms with van der Waals surface area (Å²) in [4.78, 5) is 13.6. The molecule has 0 bridgehead atoms. The van der Waals surface area contributed by atoms with Crippen LogP contribution in [-0.2, 0) is 13.1 Å². The summed E-state index contributed by atoms with van der Waals surface area (Å²) in [6.45, 7) is 1.93. The lowest BCUT2D eigenvalue weighted by atomic mass is 10.1. The first-order valence-corrected chi connectivity index (χ1v) is 4.73. The number of benzene rings is 1. The van der Waals surface area contributed by atoms with Crippen molar-refractivity contribution in [1.29, 1.82) is 0 Å². The van der Waals surface area contributed by atoms with Gasteiger partial charge in [0.25, 0.3) is 5.91 Å². The van der Waals surface area contributed by atoms with Gasteiger partial charge in [-0.15, -0.1) is 0 Å². The van der Waals surface area contributed by atoms with Gasteiger partial charge in [-0.1, -0.05) is 6.07 Å². The smallest absolute Gasteiger partial charge is 0.251 e. The predicted octanol–water partition coefficient (Wildman–Crippen LogP) is 0.992. The van der Waals surface area contributed by atoms with Gasteiger partial charge in [0, 0.05) is 25.7 Å². The minimum atomic E-state index is -0.0117. The summed E-state index contributed by atoms with van der Waals surface area (Å²) in [6, 6.07) is 5.91. The molecule has 1 aromatic rings. The van der Waals surface area contributed by atoms with E-state index < -0.39 is 0 Å². The van der Waals surface area contributed by atoms with Gasteiger partial charge in [-0.2, -0.15) is 0 Å². The largest absolute Gasteiger partial charge is 0.355 e. The van der Waals surface area contributed by atoms with E-state index in [2.05, 4.69) is 17.3 Å². The Hall–Kier alpha value is -1.35. The third kappa shape index (κ3) is 1.51. The van der Waals surface area contributed by atoms with E-state index in [9.17, 15) is 4.79 Å². The van der Waals surface area contributed by atoms with Crippen LogP contribution in [-0.4, -0.2) is 24.9 Å². The molecule has 14 heavy (non-hydrogen) atoms. The molecule has 0 saturated heterocycles. The Labute approximate surface area is 83.7 Å². The number of rotatable bonds is 1. The highest BCUT2D eigenvalue weighted by Gasteiger charge is 2.16. The van der Waals surface area contributed by atoms with Gasteiger partial charge in [0.15, 0.2) is 0 Å². The van der Waals surface area contributed by atoms with Crippen molar-refractivity contribution in [3.63, 3.8) is 0 Å². The molecule has 1 aromatic carbocycles. The molecule has 74 valence electrons. The van der Waals surface area contributed by atoms with Gasteiger partial charge < -0.3 is 5.32 Å². The minimum absolute atomic E-state index is 0.0117. The molecule has 0 radical (unpaired) electrons. The van der Waals surface area contributed by atoms with Crippen molar-refractivity contribution < 1.29 is 4.79 Å². The molecular formula is C11H14N2O. The molecule has 0 saturated carbocycles. The Balaban J connectivity index is 2.33. The molecule has 1 heterocycles. The molecule has 0 atom stereocenters. The molecule has 1 aliphatic heterocycles. The molecular weight excluding hydrogens is 176 g/mol. The lowest BCUT2D eigenvalue weighted by molar-refractivity contribution is 0.0963. The van der Waals surface area contributed by atoms with Crippen LogP contribution in [0.4, 0.5) is 0 Å². The maximum atomic E-state index is 11.4. The number of hydrogen-bond donors (Lipinski definition) is 1. The van der Waals surface area contributed by atoms with Crippen LogP contribution in [0, 0.1) is 0 Å². The Morgan fingerprint density at radius 1 is 1.36 bits per heavy atom. The van der Waals surface area contributed by atoms with E-state index >= 15 is 0 Å². The average Bonchev–Trinajstić information content (AvgIpc) is 2.55. The molecule has 0 unspecified atom stereocenters. The van der Waals surface area contributed by atoms with Crippen LogP contribution in [0.25, 0.3) is 0 Å². The Kier molecular flexibility index (Phi) is 2.25. The van der Waals surface area contributed by atoms with Crippen LogP contribution < -0.4 is 5.32 Å². The first kappa shape index (κ1) is 9.21. The van der Waals surface area contributed by atoms with Gasteiger partial charge in [0.2, 0.25) is 0 Å². The van der Waals surface area contributed by atoms with E-state index in [0.717, 1.165) is 18.7 Å². The lowest BCUT2D eigenvalue weighted by Crippen LogP contribution is -2.17. The second kappa shape index (κ2) is 3.42. The number of nitrogens with zero attached hydrogens (tertiary/aromatic N) is 1. The van der Waals surface area contributed by atoms with Gasteiger partial charge >= 0.3 is 0 Å². The molecule has 0 aliphatic carbocycles. The van der Waals surface area contributed by atoms with E-state index in [1.807, 2.05) is 18.2 Å². The molecule has 2 rings (SSSR count). The van der Waals surface area contributed by atoms with Crippen molar-refractivity contribution >= 4 is 5.91 Å². The number of nitrogens with one attached hydrogen (secondary N) is 1. The third-order valence-electron chi connectivity index (χ3n) is 2.58. The zero-order valence-electron chi connectivity index (χ0n) is 8.50. The van der Waals surface area contributed by atoms with Crippen molar-refractivity contribution in [1.82, 2.24) is 10.2 Å². The van der Waals surface area contributed by atoms with E-state index in [0.29, 0.717) is 0 Å². The van der Waals surface area contributed by atoms with Crippen molar-refractivity contribution in [2.24, 2.45) is 0 Å². The van der Waals surface area contributed by atoms with Gasteiger partial charge in [0.1, 0.15) is 0 Å². The van der Waals surface area contributed by atoms with Crippen molar-refractivity contribution in [2.75, 3.05) is 14.1 Å². The van der Waals surface area contributed by atoms with Crippen molar-refractivity contribution in [3.05, 3.63) is 34.9 Å². The van der Waals surface area contributed by atoms with Crippen LogP contribution >= 0.6 is 0 Å². The van der Waals surface area contributed by atoms with Gasteiger partial charge in [-0.05, 0) is 30.3 Å². The van der Waals surface area contributed by atoms with Crippen molar-refractivity contribution in [2.45, 2.75) is 13.1 Å². The average molecular weight is 190 g/mol. The van der Waals surface area contributed by atoms with E-state index in [1.165, 1.54) is 11.1 Å². The zero-order valence-corrected chi connectivity index (χ0v) is 8.50. The summed E-state index contributed by atoms with van der Waals surface area (Å²) < 4.78 is 0. The fourth-order valence-corrected chi connectivity index (χ4v) is 1.85. The Morgan fingerprint density at radius 2 is 2.07 bits per heavy atom. The molecule has 1 N–H and O–H groups in total. The molecule has 0 spiro atoms. The number of fused-ring (bicyclic) bond motifs is 1. The summed E-state index contributed by atoms with van der Waals surface area (Å²) in [7, 11) is 3.74. The van der Waals surface area contributed by atoms with Crippen LogP contribution in [0.5, 0.6) is 0 Å². The monoisotopic (exact) mass is 190 g/mol. The maximum absolute atomic E-state index is 11.4.